The van der Waals surface area contributed by atoms with Crippen LogP contribution >= 0.6 is 0 Å². The highest BCUT2D eigenvalue weighted by Crippen LogP contribution is 2.25. The Hall–Kier alpha value is -4.91. The SMILES string of the molecule is O=C(O)c1cccc(Cn2cc(C=NNC(=O)c3cc4ccccc4cc3O)c3ccccc32)c1. The lowest BCUT2D eigenvalue weighted by Crippen LogP contribution is -2.17. The highest BCUT2D eigenvalue weighted by Gasteiger charge is 2.13. The zero-order valence-electron chi connectivity index (χ0n) is 18.6. The second-order valence-corrected chi connectivity index (χ2v) is 8.15. The first-order valence-electron chi connectivity index (χ1n) is 10.9. The number of aromatic carboxylic acids is 1. The molecule has 1 amide bonds. The number of amides is 1. The van der Waals surface area contributed by atoms with E-state index >= 15 is 0 Å². The molecule has 0 aliphatic carbocycles. The highest BCUT2D eigenvalue weighted by molar-refractivity contribution is 6.03. The number of aromatic nitrogens is 1. The second-order valence-electron chi connectivity index (χ2n) is 8.15. The van der Waals surface area contributed by atoms with Crippen molar-refractivity contribution in [2.75, 3.05) is 0 Å². The standard InChI is InChI=1S/C28H21N3O4/c32-26-14-20-8-2-1-7-19(20)13-24(26)27(33)30-29-15-22-17-31(25-11-4-3-10-23(22)25)16-18-6-5-9-21(12-18)28(34)35/h1-15,17,32H,16H2,(H,30,33)(H,34,35). The molecule has 7 nitrogen and oxygen atoms in total. The molecule has 3 N–H and O–H groups in total. The number of aromatic hydroxyl groups is 1. The first kappa shape index (κ1) is 21.9. The van der Waals surface area contributed by atoms with Crippen LogP contribution < -0.4 is 5.43 Å². The van der Waals surface area contributed by atoms with Crippen molar-refractivity contribution >= 4 is 39.8 Å². The number of rotatable bonds is 6. The fourth-order valence-electron chi connectivity index (χ4n) is 4.14. The van der Waals surface area contributed by atoms with Crippen molar-refractivity contribution < 1.29 is 19.8 Å². The average molecular weight is 463 g/mol. The van der Waals surface area contributed by atoms with Crippen LogP contribution in [0.5, 0.6) is 5.75 Å². The summed E-state index contributed by atoms with van der Waals surface area (Å²) in [6.07, 6.45) is 3.46. The quantitative estimate of drug-likeness (QED) is 0.243. The van der Waals surface area contributed by atoms with Gasteiger partial charge in [0, 0.05) is 29.2 Å². The molecule has 0 atom stereocenters. The Kier molecular flexibility index (Phi) is 5.73. The number of carbonyl (C=O) groups is 2. The van der Waals surface area contributed by atoms with Crippen molar-refractivity contribution in [3.05, 3.63) is 113 Å². The topological polar surface area (TPSA) is 104 Å². The third-order valence-electron chi connectivity index (χ3n) is 5.82. The summed E-state index contributed by atoms with van der Waals surface area (Å²) >= 11 is 0. The van der Waals surface area contributed by atoms with Gasteiger partial charge in [-0.25, -0.2) is 10.2 Å². The maximum absolute atomic E-state index is 12.7. The summed E-state index contributed by atoms with van der Waals surface area (Å²) in [5.74, 6) is -1.60. The Morgan fingerprint density at radius 1 is 0.914 bits per heavy atom. The first-order valence-corrected chi connectivity index (χ1v) is 10.9. The number of benzene rings is 4. The molecule has 0 radical (unpaired) electrons. The minimum absolute atomic E-state index is 0.114. The van der Waals surface area contributed by atoms with E-state index < -0.39 is 11.9 Å². The number of hydrogen-bond donors (Lipinski definition) is 3. The van der Waals surface area contributed by atoms with Gasteiger partial charge in [-0.15, -0.1) is 0 Å². The van der Waals surface area contributed by atoms with Crippen molar-refractivity contribution in [1.29, 1.82) is 0 Å². The number of nitrogens with zero attached hydrogens (tertiary/aromatic N) is 2. The van der Waals surface area contributed by atoms with Crippen LogP contribution in [0, 0.1) is 0 Å². The first-order chi connectivity index (χ1) is 17.0. The van der Waals surface area contributed by atoms with Crippen molar-refractivity contribution in [2.24, 2.45) is 5.10 Å². The number of carbonyl (C=O) groups excluding carboxylic acids is 1. The van der Waals surface area contributed by atoms with Gasteiger partial charge in [-0.1, -0.05) is 54.6 Å². The summed E-state index contributed by atoms with van der Waals surface area (Å²) in [4.78, 5) is 24.0. The predicted octanol–water partition coefficient (Wildman–Crippen LogP) is 5.01. The summed E-state index contributed by atoms with van der Waals surface area (Å²) in [7, 11) is 0. The minimum atomic E-state index is -0.967. The van der Waals surface area contributed by atoms with Gasteiger partial charge in [-0.05, 0) is 46.7 Å². The number of para-hydroxylation sites is 1. The minimum Gasteiger partial charge on any atom is -0.507 e. The molecule has 35 heavy (non-hydrogen) atoms. The lowest BCUT2D eigenvalue weighted by Gasteiger charge is -2.06. The fraction of sp³-hybridized carbons (Fsp3) is 0.0357. The summed E-state index contributed by atoms with van der Waals surface area (Å²) in [6, 6.07) is 25.3. The van der Waals surface area contributed by atoms with Gasteiger partial charge in [0.25, 0.3) is 5.91 Å². The lowest BCUT2D eigenvalue weighted by atomic mass is 10.1. The van der Waals surface area contributed by atoms with Crippen LogP contribution in [0.15, 0.2) is 96.2 Å². The van der Waals surface area contributed by atoms with Crippen molar-refractivity contribution in [1.82, 2.24) is 9.99 Å². The molecule has 1 heterocycles. The van der Waals surface area contributed by atoms with E-state index in [2.05, 4.69) is 10.5 Å². The third kappa shape index (κ3) is 4.47. The zero-order chi connectivity index (χ0) is 24.4. The Morgan fingerprint density at radius 3 is 2.46 bits per heavy atom. The normalized spacial score (nSPS) is 11.3. The number of carboxylic acid groups (broad SMARTS) is 1. The van der Waals surface area contributed by atoms with Gasteiger partial charge in [0.2, 0.25) is 0 Å². The number of carboxylic acids is 1. The van der Waals surface area contributed by atoms with Crippen LogP contribution in [0.25, 0.3) is 21.7 Å². The molecule has 0 fully saturated rings. The molecule has 0 aliphatic heterocycles. The molecule has 4 aromatic carbocycles. The number of phenols is 1. The molecule has 0 aliphatic rings. The third-order valence-corrected chi connectivity index (χ3v) is 5.82. The van der Waals surface area contributed by atoms with E-state index in [4.69, 9.17) is 0 Å². The van der Waals surface area contributed by atoms with Crippen molar-refractivity contribution in [3.63, 3.8) is 0 Å². The molecular formula is C28H21N3O4. The van der Waals surface area contributed by atoms with E-state index in [9.17, 15) is 19.8 Å². The van der Waals surface area contributed by atoms with E-state index in [0.29, 0.717) is 6.54 Å². The van der Waals surface area contributed by atoms with E-state index in [-0.39, 0.29) is 16.9 Å². The fourth-order valence-corrected chi connectivity index (χ4v) is 4.14. The summed E-state index contributed by atoms with van der Waals surface area (Å²) in [5, 5.41) is 26.3. The molecule has 0 saturated carbocycles. The molecule has 5 aromatic rings. The highest BCUT2D eigenvalue weighted by atomic mass is 16.4. The van der Waals surface area contributed by atoms with Crippen LogP contribution in [0.1, 0.15) is 31.8 Å². The molecular weight excluding hydrogens is 442 g/mol. The van der Waals surface area contributed by atoms with E-state index in [1.807, 2.05) is 65.4 Å². The Balaban J connectivity index is 1.39. The summed E-state index contributed by atoms with van der Waals surface area (Å²) in [5.41, 5.74) is 5.47. The van der Waals surface area contributed by atoms with Crippen molar-refractivity contribution in [2.45, 2.75) is 6.54 Å². The monoisotopic (exact) mass is 463 g/mol. The number of phenolic OH excluding ortho intramolecular Hbond substituents is 1. The maximum Gasteiger partial charge on any atom is 0.335 e. The molecule has 0 bridgehead atoms. The Bertz CT molecular complexity index is 1620. The van der Waals surface area contributed by atoms with Gasteiger partial charge >= 0.3 is 5.97 Å². The van der Waals surface area contributed by atoms with Crippen LogP contribution in [0.2, 0.25) is 0 Å². The number of fused-ring (bicyclic) bond motifs is 2. The Morgan fingerprint density at radius 2 is 1.66 bits per heavy atom. The predicted molar refractivity (Wildman–Crippen MR) is 135 cm³/mol. The summed E-state index contributed by atoms with van der Waals surface area (Å²) in [6.45, 7) is 0.479. The molecule has 5 rings (SSSR count). The Labute approximate surface area is 200 Å². The van der Waals surface area contributed by atoms with E-state index in [1.165, 1.54) is 0 Å². The van der Waals surface area contributed by atoms with Gasteiger partial charge in [0.1, 0.15) is 5.75 Å². The van der Waals surface area contributed by atoms with E-state index in [0.717, 1.165) is 32.8 Å². The van der Waals surface area contributed by atoms with Gasteiger partial charge in [0.05, 0.1) is 17.3 Å². The van der Waals surface area contributed by atoms with Crippen molar-refractivity contribution in [3.8, 4) is 5.75 Å². The largest absolute Gasteiger partial charge is 0.507 e. The molecule has 1 aromatic heterocycles. The van der Waals surface area contributed by atoms with Crippen LogP contribution in [0.4, 0.5) is 0 Å². The summed E-state index contributed by atoms with van der Waals surface area (Å²) < 4.78 is 2.01. The maximum atomic E-state index is 12.7. The molecule has 0 saturated heterocycles. The van der Waals surface area contributed by atoms with Crippen LogP contribution in [-0.4, -0.2) is 32.9 Å². The zero-order valence-corrected chi connectivity index (χ0v) is 18.6. The number of hydrogen-bond acceptors (Lipinski definition) is 4. The van der Waals surface area contributed by atoms with Crippen LogP contribution in [0.3, 0.4) is 0 Å². The van der Waals surface area contributed by atoms with Gasteiger partial charge < -0.3 is 14.8 Å². The second kappa shape index (κ2) is 9.15. The van der Waals surface area contributed by atoms with E-state index in [1.54, 1.807) is 36.5 Å². The lowest BCUT2D eigenvalue weighted by molar-refractivity contribution is 0.0696. The number of nitrogens with one attached hydrogen (secondary N) is 1. The van der Waals surface area contributed by atoms with Gasteiger partial charge in [-0.3, -0.25) is 4.79 Å². The number of hydrazone groups is 1. The molecule has 0 spiro atoms. The van der Waals surface area contributed by atoms with Crippen LogP contribution in [-0.2, 0) is 6.54 Å². The molecule has 172 valence electrons. The smallest absolute Gasteiger partial charge is 0.335 e. The average Bonchev–Trinajstić information content (AvgIpc) is 3.21. The molecule has 0 unspecified atom stereocenters. The van der Waals surface area contributed by atoms with Gasteiger partial charge in [0.15, 0.2) is 0 Å². The van der Waals surface area contributed by atoms with Gasteiger partial charge in [-0.2, -0.15) is 5.10 Å². The molecule has 7 heteroatoms.